The Morgan fingerprint density at radius 3 is 2.67 bits per heavy atom. The molecular formula is C15H21Cl2N. The molecule has 0 radical (unpaired) electrons. The van der Waals surface area contributed by atoms with Gasteiger partial charge in [-0.3, -0.25) is 0 Å². The second-order valence-electron chi connectivity index (χ2n) is 5.28. The molecule has 3 unspecified atom stereocenters. The van der Waals surface area contributed by atoms with Crippen molar-refractivity contribution in [1.82, 2.24) is 5.32 Å². The van der Waals surface area contributed by atoms with Crippen molar-refractivity contribution in [2.45, 2.75) is 45.1 Å². The van der Waals surface area contributed by atoms with Crippen LogP contribution in [0.3, 0.4) is 0 Å². The van der Waals surface area contributed by atoms with Crippen LogP contribution in [-0.4, -0.2) is 12.6 Å². The minimum atomic E-state index is 0.606. The molecule has 2 rings (SSSR count). The monoisotopic (exact) mass is 285 g/mol. The number of hydrogen-bond acceptors (Lipinski definition) is 1. The van der Waals surface area contributed by atoms with Crippen LogP contribution in [0.5, 0.6) is 0 Å². The lowest BCUT2D eigenvalue weighted by Gasteiger charge is -2.22. The predicted molar refractivity (Wildman–Crippen MR) is 79.7 cm³/mol. The highest BCUT2D eigenvalue weighted by Crippen LogP contribution is 2.41. The number of rotatable bonds is 4. The SMILES string of the molecule is CCCNC1CCC(c2ccc(Cl)c(Cl)c2)C1C. The number of nitrogens with one attached hydrogen (secondary N) is 1. The molecule has 0 amide bonds. The van der Waals surface area contributed by atoms with Gasteiger partial charge in [0.25, 0.3) is 0 Å². The lowest BCUT2D eigenvalue weighted by molar-refractivity contribution is 0.405. The first-order valence-corrected chi connectivity index (χ1v) is 7.57. The minimum absolute atomic E-state index is 0.606. The van der Waals surface area contributed by atoms with Crippen LogP contribution in [0.25, 0.3) is 0 Å². The third kappa shape index (κ3) is 3.01. The van der Waals surface area contributed by atoms with Gasteiger partial charge in [0.15, 0.2) is 0 Å². The van der Waals surface area contributed by atoms with Crippen LogP contribution in [-0.2, 0) is 0 Å². The van der Waals surface area contributed by atoms with E-state index in [9.17, 15) is 0 Å². The van der Waals surface area contributed by atoms with E-state index in [0.29, 0.717) is 27.9 Å². The lowest BCUT2D eigenvalue weighted by Crippen LogP contribution is -2.32. The van der Waals surface area contributed by atoms with E-state index in [1.807, 2.05) is 12.1 Å². The van der Waals surface area contributed by atoms with E-state index < -0.39 is 0 Å². The Labute approximate surface area is 120 Å². The van der Waals surface area contributed by atoms with Crippen molar-refractivity contribution in [3.8, 4) is 0 Å². The molecule has 0 saturated heterocycles. The van der Waals surface area contributed by atoms with Gasteiger partial charge in [0, 0.05) is 6.04 Å². The molecule has 1 aliphatic carbocycles. The van der Waals surface area contributed by atoms with Gasteiger partial charge in [0.1, 0.15) is 0 Å². The highest BCUT2D eigenvalue weighted by atomic mass is 35.5. The van der Waals surface area contributed by atoms with Crippen molar-refractivity contribution in [2.24, 2.45) is 5.92 Å². The molecule has 1 fully saturated rings. The molecule has 3 heteroatoms. The minimum Gasteiger partial charge on any atom is -0.314 e. The summed E-state index contributed by atoms with van der Waals surface area (Å²) in [5.74, 6) is 1.27. The summed E-state index contributed by atoms with van der Waals surface area (Å²) in [6.45, 7) is 5.67. The van der Waals surface area contributed by atoms with E-state index in [1.165, 1.54) is 24.8 Å². The van der Waals surface area contributed by atoms with E-state index in [1.54, 1.807) is 0 Å². The fourth-order valence-corrected chi connectivity index (χ4v) is 3.30. The Morgan fingerprint density at radius 2 is 2.00 bits per heavy atom. The molecule has 0 bridgehead atoms. The summed E-state index contributed by atoms with van der Waals surface area (Å²) in [6.07, 6.45) is 3.69. The van der Waals surface area contributed by atoms with Crippen molar-refractivity contribution in [3.63, 3.8) is 0 Å². The third-order valence-electron chi connectivity index (χ3n) is 4.09. The maximum atomic E-state index is 6.11. The largest absolute Gasteiger partial charge is 0.314 e. The van der Waals surface area contributed by atoms with E-state index in [0.717, 1.165) is 6.54 Å². The molecule has 3 atom stereocenters. The summed E-state index contributed by atoms with van der Waals surface area (Å²) < 4.78 is 0. The quantitative estimate of drug-likeness (QED) is 0.832. The zero-order chi connectivity index (χ0) is 13.1. The highest BCUT2D eigenvalue weighted by Gasteiger charge is 2.33. The van der Waals surface area contributed by atoms with Gasteiger partial charge in [0.2, 0.25) is 0 Å². The topological polar surface area (TPSA) is 12.0 Å². The average Bonchev–Trinajstić information content (AvgIpc) is 2.72. The molecule has 0 aliphatic heterocycles. The van der Waals surface area contributed by atoms with Gasteiger partial charge in [-0.1, -0.05) is 43.1 Å². The van der Waals surface area contributed by atoms with Gasteiger partial charge in [-0.25, -0.2) is 0 Å². The maximum absolute atomic E-state index is 6.11. The van der Waals surface area contributed by atoms with Crippen LogP contribution >= 0.6 is 23.2 Å². The van der Waals surface area contributed by atoms with Gasteiger partial charge >= 0.3 is 0 Å². The van der Waals surface area contributed by atoms with E-state index in [4.69, 9.17) is 23.2 Å². The molecule has 100 valence electrons. The first kappa shape index (κ1) is 14.2. The number of benzene rings is 1. The predicted octanol–water partition coefficient (Wildman–Crippen LogP) is 4.88. The Balaban J connectivity index is 2.08. The van der Waals surface area contributed by atoms with Crippen molar-refractivity contribution >= 4 is 23.2 Å². The molecule has 1 aromatic carbocycles. The molecule has 1 N–H and O–H groups in total. The van der Waals surface area contributed by atoms with Crippen LogP contribution in [0, 0.1) is 5.92 Å². The fraction of sp³-hybridized carbons (Fsp3) is 0.600. The maximum Gasteiger partial charge on any atom is 0.0595 e. The van der Waals surface area contributed by atoms with E-state index in [-0.39, 0.29) is 0 Å². The summed E-state index contributed by atoms with van der Waals surface area (Å²) in [7, 11) is 0. The zero-order valence-electron chi connectivity index (χ0n) is 11.0. The molecule has 0 aromatic heterocycles. The standard InChI is InChI=1S/C15H21Cl2N/c1-3-8-18-15-7-5-12(10(15)2)11-4-6-13(16)14(17)9-11/h4,6,9-10,12,15,18H,3,5,7-8H2,1-2H3. The summed E-state index contributed by atoms with van der Waals surface area (Å²) >= 11 is 12.1. The van der Waals surface area contributed by atoms with E-state index in [2.05, 4.69) is 25.2 Å². The van der Waals surface area contributed by atoms with Crippen LogP contribution in [0.4, 0.5) is 0 Å². The Hall–Kier alpha value is -0.240. The van der Waals surface area contributed by atoms with Gasteiger partial charge in [-0.2, -0.15) is 0 Å². The van der Waals surface area contributed by atoms with Gasteiger partial charge in [-0.15, -0.1) is 0 Å². The van der Waals surface area contributed by atoms with Crippen LogP contribution < -0.4 is 5.32 Å². The van der Waals surface area contributed by atoms with Crippen LogP contribution in [0.1, 0.15) is 44.6 Å². The van der Waals surface area contributed by atoms with E-state index >= 15 is 0 Å². The van der Waals surface area contributed by atoms with Crippen LogP contribution in [0.15, 0.2) is 18.2 Å². The first-order valence-electron chi connectivity index (χ1n) is 6.81. The second kappa shape index (κ2) is 6.27. The van der Waals surface area contributed by atoms with Crippen molar-refractivity contribution < 1.29 is 0 Å². The summed E-state index contributed by atoms with van der Waals surface area (Å²) in [4.78, 5) is 0. The second-order valence-corrected chi connectivity index (χ2v) is 6.09. The molecule has 1 aliphatic rings. The number of halogens is 2. The normalized spacial score (nSPS) is 27.7. The lowest BCUT2D eigenvalue weighted by atomic mass is 9.89. The molecule has 1 nitrogen and oxygen atoms in total. The zero-order valence-corrected chi connectivity index (χ0v) is 12.6. The molecule has 1 saturated carbocycles. The summed E-state index contributed by atoms with van der Waals surface area (Å²) in [5.41, 5.74) is 1.33. The summed E-state index contributed by atoms with van der Waals surface area (Å²) in [5, 5.41) is 4.97. The number of hydrogen-bond donors (Lipinski definition) is 1. The molecule has 18 heavy (non-hydrogen) atoms. The van der Waals surface area contributed by atoms with Crippen molar-refractivity contribution in [3.05, 3.63) is 33.8 Å². The third-order valence-corrected chi connectivity index (χ3v) is 4.83. The average molecular weight is 286 g/mol. The van der Waals surface area contributed by atoms with Crippen LogP contribution in [0.2, 0.25) is 10.0 Å². The Kier molecular flexibility index (Phi) is 4.94. The fourth-order valence-electron chi connectivity index (χ4n) is 3.00. The highest BCUT2D eigenvalue weighted by molar-refractivity contribution is 6.42. The van der Waals surface area contributed by atoms with Crippen molar-refractivity contribution in [1.29, 1.82) is 0 Å². The van der Waals surface area contributed by atoms with Gasteiger partial charge in [0.05, 0.1) is 10.0 Å². The first-order chi connectivity index (χ1) is 8.63. The van der Waals surface area contributed by atoms with Gasteiger partial charge in [-0.05, 0) is 55.3 Å². The molecule has 0 spiro atoms. The Morgan fingerprint density at radius 1 is 1.22 bits per heavy atom. The Bertz CT molecular complexity index is 405. The molecular weight excluding hydrogens is 265 g/mol. The summed E-state index contributed by atoms with van der Waals surface area (Å²) in [6, 6.07) is 6.72. The molecule has 1 aromatic rings. The smallest absolute Gasteiger partial charge is 0.0595 e. The van der Waals surface area contributed by atoms with Gasteiger partial charge < -0.3 is 5.32 Å². The molecule has 0 heterocycles. The van der Waals surface area contributed by atoms with Crippen molar-refractivity contribution in [2.75, 3.05) is 6.54 Å².